The number of carbonyl (C=O) groups is 2. The summed E-state index contributed by atoms with van der Waals surface area (Å²) in [7, 11) is -4.17. The quantitative estimate of drug-likeness (QED) is 0.241. The van der Waals surface area contributed by atoms with Gasteiger partial charge in [-0.2, -0.15) is 0 Å². The van der Waals surface area contributed by atoms with Gasteiger partial charge < -0.3 is 10.2 Å². The highest BCUT2D eigenvalue weighted by molar-refractivity contribution is 7.92. The maximum atomic E-state index is 14.3. The van der Waals surface area contributed by atoms with Gasteiger partial charge in [-0.15, -0.1) is 0 Å². The van der Waals surface area contributed by atoms with Crippen molar-refractivity contribution in [3.05, 3.63) is 93.0 Å². The van der Waals surface area contributed by atoms with Crippen molar-refractivity contribution in [3.63, 3.8) is 0 Å². The SMILES string of the molecule is CC[C@H](C(=O)NCC(C)C)N(Cc1c(Cl)cccc1Cl)C(=O)CN(c1cc(C)ccc1C)S(=O)(=O)c1ccc(C)cc1. The maximum absolute atomic E-state index is 14.3. The molecule has 7 nitrogen and oxygen atoms in total. The summed E-state index contributed by atoms with van der Waals surface area (Å²) in [6, 6.07) is 16.1. The molecule has 0 aliphatic rings. The highest BCUT2D eigenvalue weighted by Crippen LogP contribution is 2.30. The Morgan fingerprint density at radius 3 is 2.07 bits per heavy atom. The number of rotatable bonds is 12. The highest BCUT2D eigenvalue weighted by atomic mass is 35.5. The molecule has 0 aliphatic carbocycles. The van der Waals surface area contributed by atoms with E-state index in [9.17, 15) is 18.0 Å². The highest BCUT2D eigenvalue weighted by Gasteiger charge is 2.34. The Hall–Kier alpha value is -3.07. The molecule has 10 heteroatoms. The van der Waals surface area contributed by atoms with E-state index < -0.39 is 28.5 Å². The van der Waals surface area contributed by atoms with Gasteiger partial charge in [0.1, 0.15) is 12.6 Å². The van der Waals surface area contributed by atoms with Crippen LogP contribution in [-0.4, -0.2) is 44.3 Å². The van der Waals surface area contributed by atoms with E-state index in [1.54, 1.807) is 50.2 Å². The minimum Gasteiger partial charge on any atom is -0.354 e. The molecule has 226 valence electrons. The molecule has 0 spiro atoms. The van der Waals surface area contributed by atoms with Crippen molar-refractivity contribution in [2.45, 2.75) is 65.4 Å². The summed E-state index contributed by atoms with van der Waals surface area (Å²) in [4.78, 5) is 29.1. The van der Waals surface area contributed by atoms with Crippen molar-refractivity contribution in [3.8, 4) is 0 Å². The number of nitrogens with zero attached hydrogens (tertiary/aromatic N) is 2. The fourth-order valence-electron chi connectivity index (χ4n) is 4.53. The summed E-state index contributed by atoms with van der Waals surface area (Å²) in [5, 5.41) is 3.60. The molecule has 2 amide bonds. The van der Waals surface area contributed by atoms with Crippen LogP contribution in [-0.2, 0) is 26.2 Å². The van der Waals surface area contributed by atoms with Gasteiger partial charge in [0.2, 0.25) is 11.8 Å². The predicted molar refractivity (Wildman–Crippen MR) is 171 cm³/mol. The summed E-state index contributed by atoms with van der Waals surface area (Å²) in [5.41, 5.74) is 3.29. The number of sulfonamides is 1. The number of hydrogen-bond acceptors (Lipinski definition) is 4. The molecule has 0 saturated heterocycles. The second kappa shape index (κ2) is 14.4. The molecule has 3 aromatic rings. The van der Waals surface area contributed by atoms with Crippen LogP contribution in [0.5, 0.6) is 0 Å². The molecule has 0 aromatic heterocycles. The molecule has 0 fully saturated rings. The van der Waals surface area contributed by atoms with Crippen molar-refractivity contribution in [1.82, 2.24) is 10.2 Å². The molecular formula is C32H39Cl2N3O4S. The van der Waals surface area contributed by atoms with Crippen LogP contribution in [0.2, 0.25) is 10.0 Å². The third-order valence-electron chi connectivity index (χ3n) is 6.98. The second-order valence-corrected chi connectivity index (χ2v) is 13.6. The molecular weight excluding hydrogens is 593 g/mol. The standard InChI is InChI=1S/C32H39Cl2N3O4S/c1-7-29(32(39)35-18-21(2)3)36(19-26-27(33)9-8-10-28(26)34)31(38)20-37(30-17-23(5)11-14-24(30)6)42(40,41)25-15-12-22(4)13-16-25/h8-17,21,29H,7,18-20H2,1-6H3,(H,35,39)/t29-/m1/s1. The van der Waals surface area contributed by atoms with Crippen LogP contribution in [0.4, 0.5) is 5.69 Å². The zero-order chi connectivity index (χ0) is 31.2. The average molecular weight is 633 g/mol. The molecule has 3 aromatic carbocycles. The third-order valence-corrected chi connectivity index (χ3v) is 9.46. The normalized spacial score (nSPS) is 12.2. The molecule has 0 aliphatic heterocycles. The van der Waals surface area contributed by atoms with Gasteiger partial charge >= 0.3 is 0 Å². The first-order chi connectivity index (χ1) is 19.8. The first-order valence-electron chi connectivity index (χ1n) is 13.9. The number of aryl methyl sites for hydroxylation is 3. The van der Waals surface area contributed by atoms with Gasteiger partial charge in [-0.3, -0.25) is 13.9 Å². The topological polar surface area (TPSA) is 86.8 Å². The molecule has 1 atom stereocenters. The Bertz CT molecular complexity index is 1500. The second-order valence-electron chi connectivity index (χ2n) is 10.9. The molecule has 3 rings (SSSR count). The minimum atomic E-state index is -4.17. The molecule has 0 saturated carbocycles. The maximum Gasteiger partial charge on any atom is 0.264 e. The largest absolute Gasteiger partial charge is 0.354 e. The Balaban J connectivity index is 2.13. The van der Waals surface area contributed by atoms with Crippen molar-refractivity contribution in [2.75, 3.05) is 17.4 Å². The van der Waals surface area contributed by atoms with E-state index in [4.69, 9.17) is 23.2 Å². The van der Waals surface area contributed by atoms with Crippen molar-refractivity contribution in [1.29, 1.82) is 0 Å². The van der Waals surface area contributed by atoms with Gasteiger partial charge in [-0.25, -0.2) is 8.42 Å². The van der Waals surface area contributed by atoms with E-state index in [0.29, 0.717) is 39.8 Å². The number of nitrogens with one attached hydrogen (secondary N) is 1. The van der Waals surface area contributed by atoms with Crippen molar-refractivity contribution >= 4 is 50.7 Å². The molecule has 0 radical (unpaired) electrons. The van der Waals surface area contributed by atoms with E-state index >= 15 is 0 Å². The van der Waals surface area contributed by atoms with Crippen molar-refractivity contribution < 1.29 is 18.0 Å². The van der Waals surface area contributed by atoms with Gasteiger partial charge in [0.15, 0.2) is 0 Å². The van der Waals surface area contributed by atoms with Crippen LogP contribution >= 0.6 is 23.2 Å². The smallest absolute Gasteiger partial charge is 0.264 e. The number of halogens is 2. The molecule has 0 bridgehead atoms. The summed E-state index contributed by atoms with van der Waals surface area (Å²) in [5.74, 6) is -0.690. The number of hydrogen-bond donors (Lipinski definition) is 1. The zero-order valence-corrected chi connectivity index (χ0v) is 27.3. The van der Waals surface area contributed by atoms with Crippen LogP contribution in [0.15, 0.2) is 65.6 Å². The number of anilines is 1. The van der Waals surface area contributed by atoms with Crippen LogP contribution in [0.3, 0.4) is 0 Å². The fraction of sp³-hybridized carbons (Fsp3) is 0.375. The fourth-order valence-corrected chi connectivity index (χ4v) is 6.52. The molecule has 0 unspecified atom stereocenters. The lowest BCUT2D eigenvalue weighted by Gasteiger charge is -2.34. The van der Waals surface area contributed by atoms with Gasteiger partial charge in [-0.1, -0.05) is 79.9 Å². The predicted octanol–water partition coefficient (Wildman–Crippen LogP) is 6.69. The summed E-state index contributed by atoms with van der Waals surface area (Å²) in [6.07, 6.45) is 0.298. The summed E-state index contributed by atoms with van der Waals surface area (Å²) in [6.45, 7) is 11.1. The minimum absolute atomic E-state index is 0.0595. The average Bonchev–Trinajstić information content (AvgIpc) is 2.93. The lowest BCUT2D eigenvalue weighted by atomic mass is 10.1. The number of carbonyl (C=O) groups excluding carboxylic acids is 2. The van der Waals surface area contributed by atoms with Crippen molar-refractivity contribution in [2.24, 2.45) is 5.92 Å². The number of benzene rings is 3. The molecule has 42 heavy (non-hydrogen) atoms. The van der Waals surface area contributed by atoms with Crippen LogP contribution in [0.25, 0.3) is 0 Å². The summed E-state index contributed by atoms with van der Waals surface area (Å²) < 4.78 is 29.4. The first-order valence-corrected chi connectivity index (χ1v) is 16.1. The Morgan fingerprint density at radius 2 is 1.50 bits per heavy atom. The molecule has 1 N–H and O–H groups in total. The Labute approximate surface area is 259 Å². The molecule has 0 heterocycles. The Morgan fingerprint density at radius 1 is 0.905 bits per heavy atom. The van der Waals surface area contributed by atoms with E-state index in [-0.39, 0.29) is 23.3 Å². The Kier molecular flexibility index (Phi) is 11.5. The van der Waals surface area contributed by atoms with Crippen LogP contribution in [0.1, 0.15) is 49.4 Å². The van der Waals surface area contributed by atoms with E-state index in [1.807, 2.05) is 39.8 Å². The van der Waals surface area contributed by atoms with Gasteiger partial charge in [0, 0.05) is 28.7 Å². The lowest BCUT2D eigenvalue weighted by molar-refractivity contribution is -0.140. The summed E-state index contributed by atoms with van der Waals surface area (Å²) >= 11 is 13.0. The lowest BCUT2D eigenvalue weighted by Crippen LogP contribution is -2.52. The van der Waals surface area contributed by atoms with Gasteiger partial charge in [-0.05, 0) is 74.6 Å². The number of amides is 2. The monoisotopic (exact) mass is 631 g/mol. The van der Waals surface area contributed by atoms with Crippen LogP contribution in [0, 0.1) is 26.7 Å². The zero-order valence-electron chi connectivity index (χ0n) is 24.9. The van der Waals surface area contributed by atoms with Gasteiger partial charge in [0.05, 0.1) is 10.6 Å². The third kappa shape index (κ3) is 8.06. The van der Waals surface area contributed by atoms with E-state index in [2.05, 4.69) is 5.32 Å². The first kappa shape index (κ1) is 33.4. The van der Waals surface area contributed by atoms with Gasteiger partial charge in [0.25, 0.3) is 10.0 Å². The van der Waals surface area contributed by atoms with E-state index in [0.717, 1.165) is 15.4 Å². The van der Waals surface area contributed by atoms with Crippen LogP contribution < -0.4 is 9.62 Å². The van der Waals surface area contributed by atoms with E-state index in [1.165, 1.54) is 17.0 Å².